The van der Waals surface area contributed by atoms with Crippen LogP contribution in [0.25, 0.3) is 20.8 Å². The number of hydrogen-bond acceptors (Lipinski definition) is 3. The molecule has 3 rings (SSSR count). The van der Waals surface area contributed by atoms with E-state index in [4.69, 9.17) is 16.6 Å². The largest absolute Gasteiger partial charge is 0.388 e. The van der Waals surface area contributed by atoms with Crippen LogP contribution in [0.3, 0.4) is 0 Å². The molecule has 1 heterocycles. The summed E-state index contributed by atoms with van der Waals surface area (Å²) in [5.41, 5.74) is 5.58. The molecule has 22 heavy (non-hydrogen) atoms. The lowest BCUT2D eigenvalue weighted by molar-refractivity contribution is 0.814. The van der Waals surface area contributed by atoms with E-state index in [-0.39, 0.29) is 0 Å². The van der Waals surface area contributed by atoms with Crippen molar-refractivity contribution in [2.75, 3.05) is 26.5 Å². The van der Waals surface area contributed by atoms with Crippen molar-refractivity contribution in [1.82, 2.24) is 9.56 Å². The monoisotopic (exact) mass is 332 g/mol. The summed E-state index contributed by atoms with van der Waals surface area (Å²) in [6.07, 6.45) is 0. The number of benzene rings is 2. The Bertz CT molecular complexity index is 923. The molecule has 1 aliphatic carbocycles. The zero-order valence-corrected chi connectivity index (χ0v) is 15.0. The van der Waals surface area contributed by atoms with Crippen molar-refractivity contribution in [1.29, 1.82) is 0 Å². The molecule has 0 bridgehead atoms. The molecule has 2 aliphatic rings. The Labute approximate surface area is 139 Å². The van der Waals surface area contributed by atoms with Crippen LogP contribution in [-0.4, -0.2) is 26.1 Å². The third-order valence-electron chi connectivity index (χ3n) is 3.93. The summed E-state index contributed by atoms with van der Waals surface area (Å²) >= 11 is 8.32. The normalized spacial score (nSPS) is 11.2. The smallest absolute Gasteiger partial charge is 0.219 e. The van der Waals surface area contributed by atoms with Gasteiger partial charge < -0.3 is 5.32 Å². The van der Waals surface area contributed by atoms with E-state index in [9.17, 15) is 0 Å². The average Bonchev–Trinajstić information content (AvgIpc) is 2.46. The van der Waals surface area contributed by atoms with Crippen molar-refractivity contribution in [3.8, 4) is 10.6 Å². The Morgan fingerprint density at radius 3 is 2.59 bits per heavy atom. The van der Waals surface area contributed by atoms with Gasteiger partial charge in [-0.3, -0.25) is 0 Å². The molecule has 0 radical (unpaired) electrons. The molecular weight excluding hydrogens is 314 g/mol. The molecule has 0 aromatic heterocycles. The molecule has 1 aliphatic heterocycles. The highest BCUT2D eigenvalue weighted by molar-refractivity contribution is 7.22. The van der Waals surface area contributed by atoms with Crippen LogP contribution < -0.4 is 15.2 Å². The molecule has 114 valence electrons. The lowest BCUT2D eigenvalue weighted by Gasteiger charge is -2.14. The van der Waals surface area contributed by atoms with Crippen molar-refractivity contribution in [2.45, 2.75) is 13.8 Å². The second-order valence-electron chi connectivity index (χ2n) is 5.65. The first-order chi connectivity index (χ1) is 10.4. The number of nitrogens with zero attached hydrogens (tertiary/aromatic N) is 2. The molecule has 1 aromatic carbocycles. The zero-order chi connectivity index (χ0) is 16.0. The standard InChI is InChI=1S/C17H18ClN3S/c1-9-8-12-16(10(2)15(9)19-3)22-17-11(20-12)6-7-13(14(17)18)21(4)5/h6-8H,1-5H3/p+1. The number of rotatable bonds is 1. The van der Waals surface area contributed by atoms with E-state index in [0.29, 0.717) is 0 Å². The van der Waals surface area contributed by atoms with Gasteiger partial charge in [0.05, 0.1) is 20.8 Å². The second-order valence-corrected chi connectivity index (χ2v) is 7.05. The van der Waals surface area contributed by atoms with Gasteiger partial charge in [0, 0.05) is 18.8 Å². The van der Waals surface area contributed by atoms with Crippen LogP contribution >= 0.6 is 22.9 Å². The highest BCUT2D eigenvalue weighted by Crippen LogP contribution is 2.38. The molecule has 1 aromatic rings. The Kier molecular flexibility index (Phi) is 3.83. The van der Waals surface area contributed by atoms with Crippen molar-refractivity contribution in [3.05, 3.63) is 39.7 Å². The maximum absolute atomic E-state index is 6.61. The van der Waals surface area contributed by atoms with E-state index in [0.717, 1.165) is 26.5 Å². The van der Waals surface area contributed by atoms with Gasteiger partial charge in [0.25, 0.3) is 0 Å². The molecule has 0 saturated carbocycles. The van der Waals surface area contributed by atoms with Gasteiger partial charge in [0.2, 0.25) is 5.36 Å². The summed E-state index contributed by atoms with van der Waals surface area (Å²) in [5.74, 6) is 0. The van der Waals surface area contributed by atoms with Gasteiger partial charge in [0.15, 0.2) is 0 Å². The van der Waals surface area contributed by atoms with Crippen LogP contribution in [0.5, 0.6) is 0 Å². The lowest BCUT2D eigenvalue weighted by Crippen LogP contribution is -2.22. The first kappa shape index (κ1) is 15.3. The topological polar surface area (TPSA) is 27.9 Å². The molecule has 0 saturated heterocycles. The molecule has 1 N–H and O–H groups in total. The summed E-state index contributed by atoms with van der Waals surface area (Å²) < 4.78 is 3.21. The molecule has 0 fully saturated rings. The molecule has 0 unspecified atom stereocenters. The maximum atomic E-state index is 6.61. The first-order valence-corrected chi connectivity index (χ1v) is 8.34. The Balaban J connectivity index is 2.49. The highest BCUT2D eigenvalue weighted by atomic mass is 35.5. The van der Waals surface area contributed by atoms with Gasteiger partial charge in [0.1, 0.15) is 19.1 Å². The predicted molar refractivity (Wildman–Crippen MR) is 97.4 cm³/mol. The second kappa shape index (κ2) is 5.52. The highest BCUT2D eigenvalue weighted by Gasteiger charge is 2.17. The van der Waals surface area contributed by atoms with Gasteiger partial charge in [-0.15, -0.1) is 11.3 Å². The Morgan fingerprint density at radius 1 is 1.23 bits per heavy atom. The number of hydrogen-bond donors (Lipinski definition) is 1. The molecular formula is C17H19ClN3S+. The van der Waals surface area contributed by atoms with Crippen LogP contribution in [0.15, 0.2) is 18.2 Å². The number of anilines is 1. The number of fused-ring (bicyclic) bond motifs is 2. The van der Waals surface area contributed by atoms with Crippen LogP contribution in [0.1, 0.15) is 11.1 Å². The maximum Gasteiger partial charge on any atom is 0.219 e. The van der Waals surface area contributed by atoms with Crippen molar-refractivity contribution in [3.63, 3.8) is 0 Å². The molecule has 0 atom stereocenters. The average molecular weight is 333 g/mol. The summed E-state index contributed by atoms with van der Waals surface area (Å²) in [6, 6.07) is 6.21. The number of aryl methyl sites for hydroxylation is 2. The molecule has 0 spiro atoms. The van der Waals surface area contributed by atoms with E-state index in [2.05, 4.69) is 25.2 Å². The fraction of sp³-hybridized carbons (Fsp3) is 0.294. The molecule has 3 nitrogen and oxygen atoms in total. The Morgan fingerprint density at radius 2 is 1.95 bits per heavy atom. The van der Waals surface area contributed by atoms with Crippen LogP contribution in [-0.2, 0) is 0 Å². The predicted octanol–water partition coefficient (Wildman–Crippen LogP) is 3.74. The summed E-state index contributed by atoms with van der Waals surface area (Å²) in [7, 11) is 5.96. The third-order valence-corrected chi connectivity index (χ3v) is 5.76. The van der Waals surface area contributed by atoms with Crippen molar-refractivity contribution < 1.29 is 0 Å². The first-order valence-electron chi connectivity index (χ1n) is 7.15. The van der Waals surface area contributed by atoms with Gasteiger partial charge in [-0.25, -0.2) is 9.56 Å². The lowest BCUT2D eigenvalue weighted by atomic mass is 10.1. The van der Waals surface area contributed by atoms with Gasteiger partial charge in [-0.2, -0.15) is 0 Å². The molecule has 5 heteroatoms. The number of aromatic nitrogens is 1. The zero-order valence-electron chi connectivity index (χ0n) is 13.4. The minimum absolute atomic E-state index is 0.771. The number of halogens is 1. The van der Waals surface area contributed by atoms with E-state index in [1.54, 1.807) is 11.3 Å². The van der Waals surface area contributed by atoms with E-state index < -0.39 is 0 Å². The fourth-order valence-electron chi connectivity index (χ4n) is 2.84. The van der Waals surface area contributed by atoms with E-state index >= 15 is 0 Å². The van der Waals surface area contributed by atoms with Crippen LogP contribution in [0.4, 0.5) is 5.69 Å². The fourth-order valence-corrected chi connectivity index (χ4v) is 4.36. The minimum atomic E-state index is 0.771. The van der Waals surface area contributed by atoms with Crippen molar-refractivity contribution >= 4 is 38.8 Å². The summed E-state index contributed by atoms with van der Waals surface area (Å²) in [6.45, 7) is 4.24. The van der Waals surface area contributed by atoms with E-state index in [1.165, 1.54) is 21.5 Å². The summed E-state index contributed by atoms with van der Waals surface area (Å²) in [5, 5.41) is 5.08. The van der Waals surface area contributed by atoms with Gasteiger partial charge in [-0.05, 0) is 37.1 Å². The van der Waals surface area contributed by atoms with Crippen LogP contribution in [0.2, 0.25) is 5.02 Å². The van der Waals surface area contributed by atoms with Crippen LogP contribution in [0, 0.1) is 13.8 Å². The van der Waals surface area contributed by atoms with Gasteiger partial charge >= 0.3 is 0 Å². The number of nitrogens with one attached hydrogen (secondary N) is 1. The Hall–Kier alpha value is -1.65. The van der Waals surface area contributed by atoms with Gasteiger partial charge in [-0.1, -0.05) is 11.6 Å². The third kappa shape index (κ3) is 2.27. The SMILES string of the molecule is CNc1c(C)cc2nc3ccc(=[N+](C)C)c(Cl)c-3sc2c1C. The minimum Gasteiger partial charge on any atom is -0.388 e. The quantitative estimate of drug-likeness (QED) is 0.543. The molecule has 0 amide bonds. The van der Waals surface area contributed by atoms with E-state index in [1.807, 2.05) is 37.9 Å². The summed E-state index contributed by atoms with van der Waals surface area (Å²) in [4.78, 5) is 5.85. The van der Waals surface area contributed by atoms with Crippen molar-refractivity contribution in [2.24, 2.45) is 0 Å².